The summed E-state index contributed by atoms with van der Waals surface area (Å²) in [6.45, 7) is 4.71. The fourth-order valence-corrected chi connectivity index (χ4v) is 7.21. The van der Waals surface area contributed by atoms with Crippen molar-refractivity contribution < 1.29 is 14.6 Å². The van der Waals surface area contributed by atoms with Crippen LogP contribution >= 0.6 is 0 Å². The summed E-state index contributed by atoms with van der Waals surface area (Å²) in [4.78, 5) is 12.8. The Bertz CT molecular complexity index is 503. The average Bonchev–Trinajstić information content (AvgIpc) is 2.79. The molecule has 0 aromatic carbocycles. The molecule has 130 valence electrons. The quantitative estimate of drug-likeness (QED) is 0.803. The molecule has 4 rings (SSSR count). The molecule has 0 saturated heterocycles. The van der Waals surface area contributed by atoms with E-state index in [1.807, 2.05) is 0 Å². The Labute approximate surface area is 140 Å². The minimum Gasteiger partial charge on any atom is -0.393 e. The fraction of sp³-hybridized carbons (Fsp3) is 0.950. The first-order chi connectivity index (χ1) is 10.9. The van der Waals surface area contributed by atoms with Gasteiger partial charge in [-0.15, -0.1) is 0 Å². The Morgan fingerprint density at radius 2 is 1.83 bits per heavy atom. The molecule has 0 radical (unpaired) electrons. The number of Topliss-reactive ketones (excluding diaryl/α,β-unsaturated/α-hetero) is 1. The molecule has 0 bridgehead atoms. The first-order valence-corrected chi connectivity index (χ1v) is 9.65. The van der Waals surface area contributed by atoms with Crippen molar-refractivity contribution in [1.29, 1.82) is 0 Å². The van der Waals surface area contributed by atoms with Gasteiger partial charge in [0, 0.05) is 12.5 Å². The molecule has 1 N–H and O–H groups in total. The number of carbonyl (C=O) groups is 1. The maximum absolute atomic E-state index is 12.8. The van der Waals surface area contributed by atoms with E-state index in [2.05, 4.69) is 13.8 Å². The minimum atomic E-state index is -0.164. The summed E-state index contributed by atoms with van der Waals surface area (Å²) in [7, 11) is 1.70. The molecule has 8 atom stereocenters. The van der Waals surface area contributed by atoms with Crippen molar-refractivity contribution in [2.24, 2.45) is 34.5 Å². The van der Waals surface area contributed by atoms with E-state index in [0.717, 1.165) is 31.6 Å². The van der Waals surface area contributed by atoms with Crippen LogP contribution in [0.3, 0.4) is 0 Å². The van der Waals surface area contributed by atoms with Crippen LogP contribution in [0, 0.1) is 34.5 Å². The normalized spacial score (nSPS) is 55.9. The summed E-state index contributed by atoms with van der Waals surface area (Å²) < 4.78 is 5.52. The molecular weight excluding hydrogens is 288 g/mol. The van der Waals surface area contributed by atoms with Crippen molar-refractivity contribution in [1.82, 2.24) is 0 Å². The lowest BCUT2D eigenvalue weighted by molar-refractivity contribution is -0.144. The van der Waals surface area contributed by atoms with E-state index in [9.17, 15) is 9.90 Å². The first kappa shape index (κ1) is 16.1. The van der Waals surface area contributed by atoms with Gasteiger partial charge in [0.05, 0.1) is 6.10 Å². The molecule has 3 nitrogen and oxygen atoms in total. The largest absolute Gasteiger partial charge is 0.393 e. The van der Waals surface area contributed by atoms with E-state index in [1.54, 1.807) is 7.11 Å². The summed E-state index contributed by atoms with van der Waals surface area (Å²) >= 11 is 0. The van der Waals surface area contributed by atoms with Gasteiger partial charge in [-0.1, -0.05) is 13.8 Å². The summed E-state index contributed by atoms with van der Waals surface area (Å²) in [5, 5.41) is 10.1. The van der Waals surface area contributed by atoms with Crippen molar-refractivity contribution in [3.8, 4) is 0 Å². The van der Waals surface area contributed by atoms with E-state index in [-0.39, 0.29) is 17.6 Å². The van der Waals surface area contributed by atoms with Crippen LogP contribution in [0.15, 0.2) is 0 Å². The molecule has 23 heavy (non-hydrogen) atoms. The lowest BCUT2D eigenvalue weighted by Gasteiger charge is -2.59. The van der Waals surface area contributed by atoms with Crippen LogP contribution in [-0.2, 0) is 9.53 Å². The van der Waals surface area contributed by atoms with E-state index in [1.165, 1.54) is 25.7 Å². The Hall–Kier alpha value is -0.410. The van der Waals surface area contributed by atoms with Crippen LogP contribution in [0.4, 0.5) is 0 Å². The molecular formula is C20H32O3. The number of ketones is 1. The molecule has 0 amide bonds. The van der Waals surface area contributed by atoms with Gasteiger partial charge in [-0.05, 0) is 80.5 Å². The number of aliphatic hydroxyl groups excluding tert-OH is 1. The second-order valence-corrected chi connectivity index (χ2v) is 9.37. The predicted octanol–water partition coefficient (Wildman–Crippen LogP) is 3.58. The number of methoxy groups -OCH3 is 1. The van der Waals surface area contributed by atoms with Gasteiger partial charge < -0.3 is 9.84 Å². The van der Waals surface area contributed by atoms with E-state index >= 15 is 0 Å². The summed E-state index contributed by atoms with van der Waals surface area (Å²) in [6.07, 6.45) is 8.58. The zero-order chi connectivity index (χ0) is 16.4. The number of carbonyl (C=O) groups excluding carboxylic acids is 1. The van der Waals surface area contributed by atoms with Gasteiger partial charge in [0.1, 0.15) is 6.10 Å². The molecule has 0 aromatic heterocycles. The summed E-state index contributed by atoms with van der Waals surface area (Å²) in [5.41, 5.74) is 0.247. The standard InChI is InChI=1S/C20H32O3/c1-19-8-6-13(21)10-12(19)4-5-14-15(19)7-9-20(2)16(14)11-17(23-3)18(20)22/h12-17,21H,4-11H2,1-3H3/t12-,13-,14+,15+,16+,17-,19-,20-/m0/s1. The number of hydrogen-bond acceptors (Lipinski definition) is 3. The Morgan fingerprint density at radius 3 is 2.57 bits per heavy atom. The number of rotatable bonds is 1. The van der Waals surface area contributed by atoms with Gasteiger partial charge in [-0.3, -0.25) is 4.79 Å². The van der Waals surface area contributed by atoms with Crippen LogP contribution in [0.5, 0.6) is 0 Å². The molecule has 0 unspecified atom stereocenters. The van der Waals surface area contributed by atoms with Gasteiger partial charge in [0.25, 0.3) is 0 Å². The second-order valence-electron chi connectivity index (χ2n) is 9.37. The molecule has 0 aromatic rings. The second kappa shape index (κ2) is 5.29. The predicted molar refractivity (Wildman–Crippen MR) is 88.9 cm³/mol. The third-order valence-electron chi connectivity index (χ3n) is 8.64. The Balaban J connectivity index is 1.63. The van der Waals surface area contributed by atoms with E-state index in [4.69, 9.17) is 4.74 Å². The number of ether oxygens (including phenoxy) is 1. The Morgan fingerprint density at radius 1 is 1.04 bits per heavy atom. The summed E-state index contributed by atoms with van der Waals surface area (Å²) in [6, 6.07) is 0. The molecule has 4 fully saturated rings. The first-order valence-electron chi connectivity index (χ1n) is 9.65. The third kappa shape index (κ3) is 2.12. The molecule has 4 aliphatic carbocycles. The molecule has 0 spiro atoms. The SMILES string of the molecule is CO[C@H]1C[C@@H]2[C@@H]3CC[C@H]4C[C@@H](O)CC[C@]4(C)[C@@H]3CC[C@]2(C)C1=O. The monoisotopic (exact) mass is 320 g/mol. The number of hydrogen-bond donors (Lipinski definition) is 1. The van der Waals surface area contributed by atoms with Crippen LogP contribution in [0.2, 0.25) is 0 Å². The van der Waals surface area contributed by atoms with E-state index in [0.29, 0.717) is 29.0 Å². The molecule has 3 heteroatoms. The van der Waals surface area contributed by atoms with Crippen molar-refractivity contribution in [2.75, 3.05) is 7.11 Å². The zero-order valence-electron chi connectivity index (χ0n) is 14.9. The lowest BCUT2D eigenvalue weighted by atomic mass is 9.45. The van der Waals surface area contributed by atoms with Crippen molar-refractivity contribution in [2.45, 2.75) is 77.4 Å². The molecule has 0 heterocycles. The highest BCUT2D eigenvalue weighted by atomic mass is 16.5. The topological polar surface area (TPSA) is 46.5 Å². The highest BCUT2D eigenvalue weighted by Crippen LogP contribution is 2.65. The van der Waals surface area contributed by atoms with Gasteiger partial charge in [-0.2, -0.15) is 0 Å². The number of aliphatic hydroxyl groups is 1. The molecule has 4 aliphatic rings. The molecule has 4 saturated carbocycles. The van der Waals surface area contributed by atoms with E-state index < -0.39 is 0 Å². The van der Waals surface area contributed by atoms with Crippen LogP contribution in [0.1, 0.15) is 65.2 Å². The van der Waals surface area contributed by atoms with Crippen molar-refractivity contribution in [3.05, 3.63) is 0 Å². The minimum absolute atomic E-state index is 0.0792. The maximum atomic E-state index is 12.8. The third-order valence-corrected chi connectivity index (χ3v) is 8.64. The Kier molecular flexibility index (Phi) is 3.70. The summed E-state index contributed by atoms with van der Waals surface area (Å²) in [5.74, 6) is 3.01. The molecule has 0 aliphatic heterocycles. The van der Waals surface area contributed by atoms with Gasteiger partial charge in [0.15, 0.2) is 5.78 Å². The van der Waals surface area contributed by atoms with Crippen LogP contribution in [0.25, 0.3) is 0 Å². The zero-order valence-corrected chi connectivity index (χ0v) is 14.9. The highest BCUT2D eigenvalue weighted by Gasteiger charge is 2.62. The van der Waals surface area contributed by atoms with Crippen LogP contribution < -0.4 is 0 Å². The van der Waals surface area contributed by atoms with Crippen molar-refractivity contribution >= 4 is 5.78 Å². The van der Waals surface area contributed by atoms with Gasteiger partial charge in [0.2, 0.25) is 0 Å². The maximum Gasteiger partial charge on any atom is 0.167 e. The van der Waals surface area contributed by atoms with Crippen LogP contribution in [-0.4, -0.2) is 30.2 Å². The van der Waals surface area contributed by atoms with Gasteiger partial charge in [-0.25, -0.2) is 0 Å². The average molecular weight is 320 g/mol. The van der Waals surface area contributed by atoms with Crippen molar-refractivity contribution in [3.63, 3.8) is 0 Å². The fourth-order valence-electron chi connectivity index (χ4n) is 7.21. The lowest BCUT2D eigenvalue weighted by Crippen LogP contribution is -2.54. The van der Waals surface area contributed by atoms with Gasteiger partial charge >= 0.3 is 0 Å². The highest BCUT2D eigenvalue weighted by molar-refractivity contribution is 5.91. The number of fused-ring (bicyclic) bond motifs is 5. The smallest absolute Gasteiger partial charge is 0.167 e.